The van der Waals surface area contributed by atoms with Crippen LogP contribution < -0.4 is 5.32 Å². The molecule has 0 unspecified atom stereocenters. The molecule has 0 heterocycles. The molecule has 0 saturated heterocycles. The Morgan fingerprint density at radius 3 is 2.67 bits per heavy atom. The largest absolute Gasteiger partial charge is 0.346 e. The molecule has 0 spiro atoms. The number of benzene rings is 1. The fourth-order valence-corrected chi connectivity index (χ4v) is 3.48. The number of hydrogen-bond donors (Lipinski definition) is 1. The quantitative estimate of drug-likeness (QED) is 0.790. The van der Waals surface area contributed by atoms with Crippen LogP contribution >= 0.6 is 31.9 Å². The van der Waals surface area contributed by atoms with Crippen molar-refractivity contribution in [3.8, 4) is 0 Å². The van der Waals surface area contributed by atoms with E-state index in [0.717, 1.165) is 31.0 Å². The molecular formula is C13H14Br2FNO. The summed E-state index contributed by atoms with van der Waals surface area (Å²) in [7, 11) is 0. The van der Waals surface area contributed by atoms with Gasteiger partial charge in [-0.2, -0.15) is 0 Å². The molecule has 0 radical (unpaired) electrons. The minimum atomic E-state index is -0.415. The van der Waals surface area contributed by atoms with Gasteiger partial charge in [-0.25, -0.2) is 4.39 Å². The second-order valence-electron chi connectivity index (χ2n) is 4.68. The van der Waals surface area contributed by atoms with Gasteiger partial charge in [0.15, 0.2) is 0 Å². The summed E-state index contributed by atoms with van der Waals surface area (Å²) in [4.78, 5) is 12.2. The van der Waals surface area contributed by atoms with E-state index in [1.807, 2.05) is 0 Å². The van der Waals surface area contributed by atoms with Gasteiger partial charge in [-0.05, 0) is 40.9 Å². The summed E-state index contributed by atoms with van der Waals surface area (Å²) < 4.78 is 13.6. The summed E-state index contributed by atoms with van der Waals surface area (Å²) in [6.45, 7) is 0. The first kappa shape index (κ1) is 14.0. The summed E-state index contributed by atoms with van der Waals surface area (Å²) in [5, 5.41) is 3.78. The van der Waals surface area contributed by atoms with E-state index in [-0.39, 0.29) is 15.9 Å². The fraction of sp³-hybridized carbons (Fsp3) is 0.462. The van der Waals surface area contributed by atoms with Crippen molar-refractivity contribution in [2.75, 3.05) is 5.33 Å². The van der Waals surface area contributed by atoms with Crippen molar-refractivity contribution in [1.82, 2.24) is 5.32 Å². The van der Waals surface area contributed by atoms with E-state index in [2.05, 4.69) is 37.2 Å². The molecule has 0 atom stereocenters. The van der Waals surface area contributed by atoms with Gasteiger partial charge in [0.2, 0.25) is 0 Å². The zero-order valence-electron chi connectivity index (χ0n) is 9.81. The first-order valence-corrected chi connectivity index (χ1v) is 7.82. The number of carbonyl (C=O) groups is 1. The number of rotatable bonds is 3. The molecule has 1 aromatic carbocycles. The average molecular weight is 379 g/mol. The van der Waals surface area contributed by atoms with Gasteiger partial charge in [-0.15, -0.1) is 0 Å². The van der Waals surface area contributed by atoms with Crippen LogP contribution in [0.2, 0.25) is 0 Å². The van der Waals surface area contributed by atoms with Crippen molar-refractivity contribution in [3.05, 3.63) is 34.1 Å². The minimum absolute atomic E-state index is 0.178. The number of hydrogen-bond acceptors (Lipinski definition) is 1. The SMILES string of the molecule is O=C(NC1(CBr)CCCC1)c1cccc(F)c1Br. The van der Waals surface area contributed by atoms with Crippen LogP contribution in [-0.4, -0.2) is 16.8 Å². The van der Waals surface area contributed by atoms with Crippen molar-refractivity contribution in [2.24, 2.45) is 0 Å². The summed E-state index contributed by atoms with van der Waals surface area (Å²) in [5.41, 5.74) is 0.172. The van der Waals surface area contributed by atoms with Gasteiger partial charge in [0, 0.05) is 5.33 Å². The Bertz CT molecular complexity index is 458. The van der Waals surface area contributed by atoms with Gasteiger partial charge in [-0.1, -0.05) is 34.8 Å². The van der Waals surface area contributed by atoms with Crippen LogP contribution in [0, 0.1) is 5.82 Å². The Kier molecular flexibility index (Phi) is 4.43. The maximum atomic E-state index is 13.4. The lowest BCUT2D eigenvalue weighted by Gasteiger charge is -2.28. The highest BCUT2D eigenvalue weighted by Gasteiger charge is 2.34. The van der Waals surface area contributed by atoms with Crippen molar-refractivity contribution in [1.29, 1.82) is 0 Å². The standard InChI is InChI=1S/C13H14Br2FNO/c14-8-13(6-1-2-7-13)17-12(18)9-4-3-5-10(16)11(9)15/h3-5H,1-2,6-8H2,(H,17,18). The van der Waals surface area contributed by atoms with Crippen LogP contribution in [0.25, 0.3) is 0 Å². The van der Waals surface area contributed by atoms with Crippen LogP contribution in [0.4, 0.5) is 4.39 Å². The van der Waals surface area contributed by atoms with E-state index in [0.29, 0.717) is 5.56 Å². The molecule has 1 aliphatic rings. The van der Waals surface area contributed by atoms with Crippen molar-refractivity contribution in [2.45, 2.75) is 31.2 Å². The third-order valence-electron chi connectivity index (χ3n) is 3.39. The van der Waals surface area contributed by atoms with Crippen molar-refractivity contribution < 1.29 is 9.18 Å². The molecule has 1 amide bonds. The smallest absolute Gasteiger partial charge is 0.252 e. The van der Waals surface area contributed by atoms with E-state index >= 15 is 0 Å². The van der Waals surface area contributed by atoms with Crippen molar-refractivity contribution >= 4 is 37.8 Å². The molecule has 2 rings (SSSR count). The monoisotopic (exact) mass is 377 g/mol. The van der Waals surface area contributed by atoms with E-state index in [1.54, 1.807) is 12.1 Å². The highest BCUT2D eigenvalue weighted by molar-refractivity contribution is 9.10. The van der Waals surface area contributed by atoms with Crippen molar-refractivity contribution in [3.63, 3.8) is 0 Å². The molecule has 0 aliphatic heterocycles. The van der Waals surface area contributed by atoms with Gasteiger partial charge in [0.05, 0.1) is 15.6 Å². The highest BCUT2D eigenvalue weighted by atomic mass is 79.9. The Morgan fingerprint density at radius 2 is 2.06 bits per heavy atom. The van der Waals surface area contributed by atoms with Crippen LogP contribution in [0.15, 0.2) is 22.7 Å². The van der Waals surface area contributed by atoms with E-state index < -0.39 is 5.82 Å². The summed E-state index contributed by atoms with van der Waals surface area (Å²) in [6.07, 6.45) is 4.18. The van der Waals surface area contributed by atoms with Gasteiger partial charge in [0.25, 0.3) is 5.91 Å². The number of carbonyl (C=O) groups excluding carboxylic acids is 1. The maximum absolute atomic E-state index is 13.4. The second kappa shape index (κ2) is 5.70. The zero-order valence-corrected chi connectivity index (χ0v) is 13.0. The first-order chi connectivity index (χ1) is 8.58. The zero-order chi connectivity index (χ0) is 13.2. The minimum Gasteiger partial charge on any atom is -0.346 e. The van der Waals surface area contributed by atoms with Gasteiger partial charge >= 0.3 is 0 Å². The Balaban J connectivity index is 2.19. The van der Waals surface area contributed by atoms with Crippen LogP contribution in [0.3, 0.4) is 0 Å². The molecule has 1 aromatic rings. The molecule has 0 aromatic heterocycles. The van der Waals surface area contributed by atoms with Crippen LogP contribution in [-0.2, 0) is 0 Å². The van der Waals surface area contributed by atoms with E-state index in [9.17, 15) is 9.18 Å². The Labute approximate surface area is 123 Å². The molecule has 1 saturated carbocycles. The first-order valence-electron chi connectivity index (χ1n) is 5.90. The highest BCUT2D eigenvalue weighted by Crippen LogP contribution is 2.32. The molecule has 5 heteroatoms. The second-order valence-corrected chi connectivity index (χ2v) is 6.03. The average Bonchev–Trinajstić information content (AvgIpc) is 2.81. The van der Waals surface area contributed by atoms with Gasteiger partial charge in [-0.3, -0.25) is 4.79 Å². The van der Waals surface area contributed by atoms with E-state index in [1.165, 1.54) is 6.07 Å². The summed E-state index contributed by atoms with van der Waals surface area (Å²) in [6, 6.07) is 4.50. The molecule has 1 N–H and O–H groups in total. The Morgan fingerprint density at radius 1 is 1.39 bits per heavy atom. The van der Waals surface area contributed by atoms with Gasteiger partial charge < -0.3 is 5.32 Å². The lowest BCUT2D eigenvalue weighted by atomic mass is 10.00. The Hall–Kier alpha value is -0.420. The summed E-state index contributed by atoms with van der Waals surface area (Å²) >= 11 is 6.59. The lowest BCUT2D eigenvalue weighted by Crippen LogP contribution is -2.47. The molecule has 1 fully saturated rings. The van der Waals surface area contributed by atoms with Crippen LogP contribution in [0.1, 0.15) is 36.0 Å². The number of amides is 1. The third kappa shape index (κ3) is 2.77. The molecule has 2 nitrogen and oxygen atoms in total. The van der Waals surface area contributed by atoms with E-state index in [4.69, 9.17) is 0 Å². The normalized spacial score (nSPS) is 17.7. The predicted molar refractivity (Wildman–Crippen MR) is 76.6 cm³/mol. The molecule has 0 bridgehead atoms. The predicted octanol–water partition coefficient (Wildman–Crippen LogP) is 4.03. The maximum Gasteiger partial charge on any atom is 0.252 e. The molecule has 98 valence electrons. The number of halogens is 3. The molecular weight excluding hydrogens is 365 g/mol. The molecule has 18 heavy (non-hydrogen) atoms. The number of alkyl halides is 1. The topological polar surface area (TPSA) is 29.1 Å². The summed E-state index contributed by atoms with van der Waals surface area (Å²) in [5.74, 6) is -0.635. The lowest BCUT2D eigenvalue weighted by molar-refractivity contribution is 0.0909. The fourth-order valence-electron chi connectivity index (χ4n) is 2.33. The third-order valence-corrected chi connectivity index (χ3v) is 5.27. The molecule has 1 aliphatic carbocycles. The van der Waals surface area contributed by atoms with Crippen LogP contribution in [0.5, 0.6) is 0 Å². The number of nitrogens with one attached hydrogen (secondary N) is 1. The van der Waals surface area contributed by atoms with Gasteiger partial charge in [0.1, 0.15) is 5.82 Å².